The summed E-state index contributed by atoms with van der Waals surface area (Å²) < 4.78 is 2.07. The summed E-state index contributed by atoms with van der Waals surface area (Å²) in [6.45, 7) is 8.27. The van der Waals surface area contributed by atoms with Gasteiger partial charge in [0, 0.05) is 35.8 Å². The van der Waals surface area contributed by atoms with Gasteiger partial charge >= 0.3 is 0 Å². The lowest BCUT2D eigenvalue weighted by Crippen LogP contribution is -2.27. The van der Waals surface area contributed by atoms with Gasteiger partial charge in [-0.1, -0.05) is 30.4 Å². The average Bonchev–Trinajstić information content (AvgIpc) is 3.02. The molecule has 2 heterocycles. The molecular formula is C18H16N2O2S. The van der Waals surface area contributed by atoms with Crippen molar-refractivity contribution in [1.82, 2.24) is 9.47 Å². The third kappa shape index (κ3) is 2.75. The first-order valence-corrected chi connectivity index (χ1v) is 8.02. The van der Waals surface area contributed by atoms with Crippen molar-refractivity contribution in [3.05, 3.63) is 66.2 Å². The Balaban J connectivity index is 2.04. The van der Waals surface area contributed by atoms with Crippen LogP contribution in [0.25, 0.3) is 17.0 Å². The van der Waals surface area contributed by atoms with Gasteiger partial charge in [0.2, 0.25) is 0 Å². The lowest BCUT2D eigenvalue weighted by atomic mass is 10.1. The first-order valence-electron chi connectivity index (χ1n) is 7.20. The number of amides is 2. The van der Waals surface area contributed by atoms with E-state index in [1.165, 1.54) is 4.90 Å². The van der Waals surface area contributed by atoms with Gasteiger partial charge in [0.05, 0.1) is 4.91 Å². The maximum Gasteiger partial charge on any atom is 0.293 e. The third-order valence-electron chi connectivity index (χ3n) is 3.62. The fourth-order valence-corrected chi connectivity index (χ4v) is 3.45. The summed E-state index contributed by atoms with van der Waals surface area (Å²) in [7, 11) is 0. The highest BCUT2D eigenvalue weighted by atomic mass is 32.2. The molecule has 1 fully saturated rings. The number of fused-ring (bicyclic) bond motifs is 1. The van der Waals surface area contributed by atoms with Crippen molar-refractivity contribution in [1.29, 1.82) is 0 Å². The standard InChI is InChI=1S/C18H16N2O2S/c1-3-9-19-12-13(14-7-5-6-8-15(14)19)11-16-17(21)20(10-4-2)18(22)23-16/h3-8,11-12H,1-2,9-10H2/b16-11+. The second-order valence-electron chi connectivity index (χ2n) is 5.12. The van der Waals surface area contributed by atoms with Gasteiger partial charge in [0.15, 0.2) is 0 Å². The Hall–Kier alpha value is -2.53. The van der Waals surface area contributed by atoms with E-state index in [2.05, 4.69) is 17.7 Å². The van der Waals surface area contributed by atoms with Crippen LogP contribution in [0.1, 0.15) is 5.56 Å². The van der Waals surface area contributed by atoms with E-state index in [1.807, 2.05) is 36.5 Å². The summed E-state index contributed by atoms with van der Waals surface area (Å²) in [5.74, 6) is -0.263. The van der Waals surface area contributed by atoms with Gasteiger partial charge in [-0.05, 0) is 23.9 Å². The number of thioether (sulfide) groups is 1. The highest BCUT2D eigenvalue weighted by Gasteiger charge is 2.34. The molecule has 4 nitrogen and oxygen atoms in total. The first-order chi connectivity index (χ1) is 11.2. The molecule has 2 aromatic rings. The van der Waals surface area contributed by atoms with Crippen LogP contribution in [-0.4, -0.2) is 27.2 Å². The van der Waals surface area contributed by atoms with E-state index >= 15 is 0 Å². The molecule has 0 radical (unpaired) electrons. The van der Waals surface area contributed by atoms with Crippen molar-refractivity contribution in [2.75, 3.05) is 6.54 Å². The first kappa shape index (κ1) is 15.4. The Labute approximate surface area is 138 Å². The molecule has 2 amide bonds. The van der Waals surface area contributed by atoms with Gasteiger partial charge in [-0.2, -0.15) is 0 Å². The number of hydrogen-bond donors (Lipinski definition) is 0. The summed E-state index contributed by atoms with van der Waals surface area (Å²) in [6.07, 6.45) is 7.15. The van der Waals surface area contributed by atoms with Crippen LogP contribution in [-0.2, 0) is 11.3 Å². The molecule has 0 saturated carbocycles. The van der Waals surface area contributed by atoms with Crippen LogP contribution in [0, 0.1) is 0 Å². The number of benzene rings is 1. The number of aromatic nitrogens is 1. The van der Waals surface area contributed by atoms with Crippen molar-refractivity contribution < 1.29 is 9.59 Å². The Kier molecular flexibility index (Phi) is 4.21. The predicted octanol–water partition coefficient (Wildman–Crippen LogP) is 4.05. The number of hydrogen-bond acceptors (Lipinski definition) is 3. The zero-order valence-electron chi connectivity index (χ0n) is 12.6. The van der Waals surface area contributed by atoms with E-state index in [4.69, 9.17) is 0 Å². The second kappa shape index (κ2) is 6.30. The molecule has 0 aliphatic carbocycles. The largest absolute Gasteiger partial charge is 0.343 e. The Morgan fingerprint density at radius 2 is 1.83 bits per heavy atom. The van der Waals surface area contributed by atoms with E-state index < -0.39 is 0 Å². The van der Waals surface area contributed by atoms with Crippen molar-refractivity contribution in [3.8, 4) is 0 Å². The zero-order chi connectivity index (χ0) is 16.4. The summed E-state index contributed by atoms with van der Waals surface area (Å²) in [5, 5.41) is 0.792. The smallest absolute Gasteiger partial charge is 0.293 e. The number of rotatable bonds is 5. The minimum Gasteiger partial charge on any atom is -0.343 e. The molecule has 1 aliphatic rings. The molecule has 1 aromatic heterocycles. The number of nitrogens with zero attached hydrogens (tertiary/aromatic N) is 2. The Morgan fingerprint density at radius 1 is 1.09 bits per heavy atom. The molecule has 0 bridgehead atoms. The molecule has 1 aliphatic heterocycles. The van der Waals surface area contributed by atoms with Gasteiger partial charge in [-0.25, -0.2) is 0 Å². The molecule has 0 spiro atoms. The van der Waals surface area contributed by atoms with Crippen LogP contribution in [0.3, 0.4) is 0 Å². The molecule has 23 heavy (non-hydrogen) atoms. The van der Waals surface area contributed by atoms with Crippen LogP contribution < -0.4 is 0 Å². The molecule has 116 valence electrons. The fourth-order valence-electron chi connectivity index (χ4n) is 2.61. The van der Waals surface area contributed by atoms with Gasteiger partial charge < -0.3 is 4.57 Å². The average molecular weight is 324 g/mol. The fraction of sp³-hybridized carbons (Fsp3) is 0.111. The minimum atomic E-state index is -0.263. The normalized spacial score (nSPS) is 16.5. The summed E-state index contributed by atoms with van der Waals surface area (Å²) in [6, 6.07) is 7.97. The zero-order valence-corrected chi connectivity index (χ0v) is 13.4. The van der Waals surface area contributed by atoms with Gasteiger partial charge in [-0.15, -0.1) is 13.2 Å². The van der Waals surface area contributed by atoms with E-state index in [1.54, 1.807) is 12.2 Å². The van der Waals surface area contributed by atoms with E-state index in [0.29, 0.717) is 11.4 Å². The minimum absolute atomic E-state index is 0.236. The molecule has 1 saturated heterocycles. The van der Waals surface area contributed by atoms with Gasteiger partial charge in [0.1, 0.15) is 0 Å². The van der Waals surface area contributed by atoms with E-state index in [-0.39, 0.29) is 17.7 Å². The topological polar surface area (TPSA) is 42.3 Å². The Bertz CT molecular complexity index is 848. The maximum atomic E-state index is 12.3. The molecule has 5 heteroatoms. The molecular weight excluding hydrogens is 308 g/mol. The van der Waals surface area contributed by atoms with Crippen molar-refractivity contribution >= 4 is 39.9 Å². The summed E-state index contributed by atoms with van der Waals surface area (Å²) in [5.41, 5.74) is 2.00. The predicted molar refractivity (Wildman–Crippen MR) is 95.0 cm³/mol. The molecule has 0 unspecified atom stereocenters. The molecule has 0 N–H and O–H groups in total. The molecule has 3 rings (SSSR count). The highest BCUT2D eigenvalue weighted by molar-refractivity contribution is 8.18. The maximum absolute atomic E-state index is 12.3. The van der Waals surface area contributed by atoms with Gasteiger partial charge in [-0.3, -0.25) is 14.5 Å². The second-order valence-corrected chi connectivity index (χ2v) is 6.12. The SMILES string of the molecule is C=CCN1C(=O)S/C(=C/c2cn(CC=C)c3ccccc23)C1=O. The van der Waals surface area contributed by atoms with Crippen molar-refractivity contribution in [2.24, 2.45) is 0 Å². The lowest BCUT2D eigenvalue weighted by Gasteiger charge is -2.07. The van der Waals surface area contributed by atoms with E-state index in [0.717, 1.165) is 28.2 Å². The van der Waals surface area contributed by atoms with Crippen molar-refractivity contribution in [3.63, 3.8) is 0 Å². The summed E-state index contributed by atoms with van der Waals surface area (Å²) >= 11 is 0.969. The van der Waals surface area contributed by atoms with Crippen LogP contribution in [0.4, 0.5) is 4.79 Å². The number of carbonyl (C=O) groups excluding carboxylic acids is 2. The van der Waals surface area contributed by atoms with Gasteiger partial charge in [0.25, 0.3) is 11.1 Å². The quantitative estimate of drug-likeness (QED) is 0.615. The van der Waals surface area contributed by atoms with Crippen LogP contribution in [0.2, 0.25) is 0 Å². The molecule has 1 aromatic carbocycles. The number of allylic oxidation sites excluding steroid dienone is 1. The summed E-state index contributed by atoms with van der Waals surface area (Å²) in [4.78, 5) is 25.9. The van der Waals surface area contributed by atoms with Crippen LogP contribution in [0.15, 0.2) is 60.7 Å². The van der Waals surface area contributed by atoms with Crippen LogP contribution >= 0.6 is 11.8 Å². The Morgan fingerprint density at radius 3 is 2.57 bits per heavy atom. The third-order valence-corrected chi connectivity index (χ3v) is 4.52. The monoisotopic (exact) mass is 324 g/mol. The van der Waals surface area contributed by atoms with Crippen LogP contribution in [0.5, 0.6) is 0 Å². The number of carbonyl (C=O) groups is 2. The lowest BCUT2D eigenvalue weighted by molar-refractivity contribution is -0.122. The highest BCUT2D eigenvalue weighted by Crippen LogP contribution is 2.34. The number of para-hydroxylation sites is 1. The number of imide groups is 1. The molecule has 0 atom stereocenters. The van der Waals surface area contributed by atoms with Crippen molar-refractivity contribution in [2.45, 2.75) is 6.54 Å². The van der Waals surface area contributed by atoms with E-state index in [9.17, 15) is 9.59 Å².